The van der Waals surface area contributed by atoms with Gasteiger partial charge < -0.3 is 4.90 Å². The summed E-state index contributed by atoms with van der Waals surface area (Å²) < 4.78 is 0. The average molecular weight is 247 g/mol. The number of nitrogens with zero attached hydrogens (tertiary/aromatic N) is 1. The van der Waals surface area contributed by atoms with Gasteiger partial charge in [0.05, 0.1) is 5.25 Å². The van der Waals surface area contributed by atoms with Crippen molar-refractivity contribution in [2.75, 3.05) is 12.3 Å². The van der Waals surface area contributed by atoms with E-state index in [1.807, 2.05) is 30.5 Å². The van der Waals surface area contributed by atoms with Crippen LogP contribution in [0.4, 0.5) is 0 Å². The van der Waals surface area contributed by atoms with Crippen molar-refractivity contribution in [3.8, 4) is 0 Å². The molecule has 0 radical (unpaired) electrons. The number of rotatable bonds is 2. The molecule has 0 N–H and O–H groups in total. The Labute approximate surface area is 103 Å². The predicted molar refractivity (Wildman–Crippen MR) is 70.7 cm³/mol. The van der Waals surface area contributed by atoms with Crippen LogP contribution in [-0.2, 0) is 4.79 Å². The van der Waals surface area contributed by atoms with Gasteiger partial charge in [-0.3, -0.25) is 4.79 Å². The second-order valence-corrected chi connectivity index (χ2v) is 6.58. The summed E-state index contributed by atoms with van der Waals surface area (Å²) in [6, 6.07) is 0.338. The molecule has 1 fully saturated rings. The molecular formula is C11H21NOS2. The Kier molecular flexibility index (Phi) is 4.84. The fraction of sp³-hybridized carbons (Fsp3) is 0.909. The minimum Gasteiger partial charge on any atom is -0.337 e. The van der Waals surface area contributed by atoms with Crippen LogP contribution < -0.4 is 0 Å². The average Bonchev–Trinajstić information content (AvgIpc) is 2.20. The molecule has 0 aromatic rings. The van der Waals surface area contributed by atoms with Gasteiger partial charge in [-0.25, -0.2) is 0 Å². The van der Waals surface area contributed by atoms with Crippen molar-refractivity contribution < 1.29 is 4.79 Å². The molecule has 3 atom stereocenters. The van der Waals surface area contributed by atoms with Crippen molar-refractivity contribution in [3.63, 3.8) is 0 Å². The van der Waals surface area contributed by atoms with E-state index in [2.05, 4.69) is 26.5 Å². The Balaban J connectivity index is 2.66. The van der Waals surface area contributed by atoms with Gasteiger partial charge in [0.15, 0.2) is 0 Å². The van der Waals surface area contributed by atoms with Crippen LogP contribution in [0.1, 0.15) is 27.7 Å². The van der Waals surface area contributed by atoms with Crippen LogP contribution in [0.2, 0.25) is 0 Å². The molecule has 2 nitrogen and oxygen atoms in total. The van der Waals surface area contributed by atoms with Gasteiger partial charge in [0.1, 0.15) is 0 Å². The van der Waals surface area contributed by atoms with E-state index < -0.39 is 0 Å². The van der Waals surface area contributed by atoms with E-state index in [0.717, 1.165) is 12.3 Å². The molecule has 4 heteroatoms. The highest BCUT2D eigenvalue weighted by Gasteiger charge is 2.32. The molecule has 3 unspecified atom stereocenters. The molecular weight excluding hydrogens is 226 g/mol. The molecule has 0 saturated carbocycles. The van der Waals surface area contributed by atoms with Gasteiger partial charge in [0.25, 0.3) is 0 Å². The lowest BCUT2D eigenvalue weighted by Gasteiger charge is -2.39. The zero-order valence-electron chi connectivity index (χ0n) is 9.93. The first-order valence-electron chi connectivity index (χ1n) is 5.55. The van der Waals surface area contributed by atoms with Crippen LogP contribution in [0.25, 0.3) is 0 Å². The Morgan fingerprint density at radius 2 is 2.07 bits per heavy atom. The standard InChI is InChI=1S/C11H21NOS2/c1-7(2)10(14)11(13)12-5-6-15-9(4)8(12)3/h7-10,14H,5-6H2,1-4H3. The highest BCUT2D eigenvalue weighted by Crippen LogP contribution is 2.26. The molecule has 1 saturated heterocycles. The molecule has 0 aromatic heterocycles. The number of thiol groups is 1. The molecule has 1 rings (SSSR count). The van der Waals surface area contributed by atoms with Crippen LogP contribution >= 0.6 is 24.4 Å². The summed E-state index contributed by atoms with van der Waals surface area (Å²) in [6.45, 7) is 9.29. The first-order valence-corrected chi connectivity index (χ1v) is 7.11. The Morgan fingerprint density at radius 1 is 1.47 bits per heavy atom. The Morgan fingerprint density at radius 3 is 2.60 bits per heavy atom. The van der Waals surface area contributed by atoms with Crippen LogP contribution in [0.3, 0.4) is 0 Å². The van der Waals surface area contributed by atoms with Crippen molar-refractivity contribution in [2.24, 2.45) is 5.92 Å². The van der Waals surface area contributed by atoms with E-state index in [9.17, 15) is 4.79 Å². The highest BCUT2D eigenvalue weighted by molar-refractivity contribution is 8.00. The van der Waals surface area contributed by atoms with Gasteiger partial charge in [-0.15, -0.1) is 0 Å². The van der Waals surface area contributed by atoms with E-state index in [1.165, 1.54) is 0 Å². The van der Waals surface area contributed by atoms with Gasteiger partial charge >= 0.3 is 0 Å². The lowest BCUT2D eigenvalue weighted by atomic mass is 10.1. The summed E-state index contributed by atoms with van der Waals surface area (Å²) in [6.07, 6.45) is 0. The van der Waals surface area contributed by atoms with Gasteiger partial charge in [0, 0.05) is 23.6 Å². The van der Waals surface area contributed by atoms with Crippen LogP contribution in [0, 0.1) is 5.92 Å². The molecule has 1 amide bonds. The molecule has 1 aliphatic heterocycles. The Hall–Kier alpha value is 0.170. The van der Waals surface area contributed by atoms with Crippen LogP contribution in [-0.4, -0.2) is 39.6 Å². The molecule has 1 heterocycles. The van der Waals surface area contributed by atoms with Crippen molar-refractivity contribution in [3.05, 3.63) is 0 Å². The topological polar surface area (TPSA) is 20.3 Å². The van der Waals surface area contributed by atoms with Crippen LogP contribution in [0.5, 0.6) is 0 Å². The summed E-state index contributed by atoms with van der Waals surface area (Å²) in [5.41, 5.74) is 0. The molecule has 0 spiro atoms. The summed E-state index contributed by atoms with van der Waals surface area (Å²) in [5, 5.41) is 0.387. The third kappa shape index (κ3) is 3.06. The maximum atomic E-state index is 12.1. The van der Waals surface area contributed by atoms with Gasteiger partial charge in [-0.05, 0) is 12.8 Å². The lowest BCUT2D eigenvalue weighted by molar-refractivity contribution is -0.133. The number of carbonyl (C=O) groups is 1. The number of thioether (sulfide) groups is 1. The zero-order valence-corrected chi connectivity index (χ0v) is 11.6. The van der Waals surface area contributed by atoms with Crippen molar-refractivity contribution in [1.82, 2.24) is 4.90 Å². The monoisotopic (exact) mass is 247 g/mol. The lowest BCUT2D eigenvalue weighted by Crippen LogP contribution is -2.51. The first-order chi connectivity index (χ1) is 6.95. The quantitative estimate of drug-likeness (QED) is 0.756. The fourth-order valence-corrected chi connectivity index (χ4v) is 2.95. The van der Waals surface area contributed by atoms with Gasteiger partial charge in [-0.2, -0.15) is 24.4 Å². The Bertz CT molecular complexity index is 233. The molecule has 0 aromatic carbocycles. The summed E-state index contributed by atoms with van der Waals surface area (Å²) >= 11 is 6.35. The molecule has 0 aliphatic carbocycles. The van der Waals surface area contributed by atoms with Crippen LogP contribution in [0.15, 0.2) is 0 Å². The van der Waals surface area contributed by atoms with E-state index in [-0.39, 0.29) is 11.2 Å². The number of carbonyl (C=O) groups excluding carboxylic acids is 1. The maximum Gasteiger partial charge on any atom is 0.235 e. The van der Waals surface area contributed by atoms with Crippen molar-refractivity contribution in [2.45, 2.75) is 44.2 Å². The second kappa shape index (κ2) is 5.48. The zero-order chi connectivity index (χ0) is 11.6. The number of hydrogen-bond acceptors (Lipinski definition) is 3. The molecule has 88 valence electrons. The molecule has 0 bridgehead atoms. The third-order valence-electron chi connectivity index (χ3n) is 3.05. The smallest absolute Gasteiger partial charge is 0.235 e. The van der Waals surface area contributed by atoms with E-state index in [0.29, 0.717) is 17.2 Å². The van der Waals surface area contributed by atoms with Crippen molar-refractivity contribution in [1.29, 1.82) is 0 Å². The molecule has 1 aliphatic rings. The maximum absolute atomic E-state index is 12.1. The molecule has 15 heavy (non-hydrogen) atoms. The normalized spacial score (nSPS) is 29.3. The predicted octanol–water partition coefficient (Wildman–Crippen LogP) is 2.29. The summed E-state index contributed by atoms with van der Waals surface area (Å²) in [5.74, 6) is 1.56. The second-order valence-electron chi connectivity index (χ2n) is 4.54. The van der Waals surface area contributed by atoms with E-state index >= 15 is 0 Å². The minimum absolute atomic E-state index is 0.150. The number of amides is 1. The van der Waals surface area contributed by atoms with Gasteiger partial charge in [-0.1, -0.05) is 20.8 Å². The van der Waals surface area contributed by atoms with E-state index in [1.54, 1.807) is 0 Å². The largest absolute Gasteiger partial charge is 0.337 e. The minimum atomic E-state index is -0.150. The first kappa shape index (κ1) is 13.2. The SMILES string of the molecule is CC(C)C(S)C(=O)N1CCSC(C)C1C. The van der Waals surface area contributed by atoms with E-state index in [4.69, 9.17) is 0 Å². The third-order valence-corrected chi connectivity index (χ3v) is 5.21. The number of hydrogen-bond donors (Lipinski definition) is 1. The van der Waals surface area contributed by atoms with Gasteiger partial charge in [0.2, 0.25) is 5.91 Å². The fourth-order valence-electron chi connectivity index (χ4n) is 1.70. The summed E-state index contributed by atoms with van der Waals surface area (Å²) in [7, 11) is 0. The highest BCUT2D eigenvalue weighted by atomic mass is 32.2. The van der Waals surface area contributed by atoms with Crippen molar-refractivity contribution >= 4 is 30.3 Å². The summed E-state index contributed by atoms with van der Waals surface area (Å²) in [4.78, 5) is 14.1.